The van der Waals surface area contributed by atoms with Gasteiger partial charge in [0.15, 0.2) is 0 Å². The monoisotopic (exact) mass is 743 g/mol. The van der Waals surface area contributed by atoms with Gasteiger partial charge in [-0.1, -0.05) is 135 Å². The van der Waals surface area contributed by atoms with Crippen LogP contribution >= 0.6 is 14.5 Å². The zero-order valence-electron chi connectivity index (χ0n) is 28.7. The predicted molar refractivity (Wildman–Crippen MR) is 217 cm³/mol. The first-order chi connectivity index (χ1) is 23.8. The fraction of sp³-hybridized carbons (Fsp3) is 0.217. The SMILES string of the molecule is [Br-].c1ccc([P+](CCCCCCCCCC[P+](c2ccccc2)(c2ccccc2)c2ccccc2)(c2ccccc2)c2ccccc2)cc1. The molecular formula is C46H50BrP2+. The molecule has 0 amide bonds. The maximum Gasteiger partial charge on any atom is 0.112 e. The van der Waals surface area contributed by atoms with Gasteiger partial charge >= 0.3 is 0 Å². The van der Waals surface area contributed by atoms with Crippen LogP contribution < -0.4 is 48.8 Å². The highest BCUT2D eigenvalue weighted by Crippen LogP contribution is 2.57. The van der Waals surface area contributed by atoms with Gasteiger partial charge in [0.05, 0.1) is 12.3 Å². The van der Waals surface area contributed by atoms with Crippen LogP contribution in [0.5, 0.6) is 0 Å². The Bertz CT molecular complexity index is 1420. The molecule has 0 saturated carbocycles. The number of rotatable bonds is 17. The van der Waals surface area contributed by atoms with E-state index >= 15 is 0 Å². The van der Waals surface area contributed by atoms with Crippen LogP contribution in [0.2, 0.25) is 0 Å². The number of benzene rings is 6. The second kappa shape index (κ2) is 19.2. The van der Waals surface area contributed by atoms with Crippen molar-refractivity contribution in [3.63, 3.8) is 0 Å². The van der Waals surface area contributed by atoms with Gasteiger partial charge < -0.3 is 17.0 Å². The fourth-order valence-corrected chi connectivity index (χ4v) is 16.3. The summed E-state index contributed by atoms with van der Waals surface area (Å²) in [7, 11) is -3.43. The molecule has 6 aromatic rings. The average Bonchev–Trinajstić information content (AvgIpc) is 3.18. The van der Waals surface area contributed by atoms with Gasteiger partial charge in [0, 0.05) is 0 Å². The molecule has 0 atom stereocenters. The summed E-state index contributed by atoms with van der Waals surface area (Å²) in [5.41, 5.74) is 0. The molecule has 0 fully saturated rings. The number of hydrogen-bond acceptors (Lipinski definition) is 0. The summed E-state index contributed by atoms with van der Waals surface area (Å²) in [6, 6.07) is 68.1. The van der Waals surface area contributed by atoms with E-state index in [1.54, 1.807) is 0 Å². The molecule has 6 rings (SSSR count). The Labute approximate surface area is 307 Å². The van der Waals surface area contributed by atoms with Crippen LogP contribution in [0.25, 0.3) is 0 Å². The Balaban J connectivity index is 0.00000468. The molecule has 0 aliphatic heterocycles. The van der Waals surface area contributed by atoms with Crippen LogP contribution in [-0.2, 0) is 0 Å². The first-order valence-electron chi connectivity index (χ1n) is 17.9. The minimum absolute atomic E-state index is 0. The van der Waals surface area contributed by atoms with Gasteiger partial charge in [-0.25, -0.2) is 0 Å². The van der Waals surface area contributed by atoms with Gasteiger partial charge in [-0.05, 0) is 98.5 Å². The lowest BCUT2D eigenvalue weighted by molar-refractivity contribution is -0.00000934. The summed E-state index contributed by atoms with van der Waals surface area (Å²) in [4.78, 5) is 0. The van der Waals surface area contributed by atoms with Gasteiger partial charge in [-0.3, -0.25) is 0 Å². The molecule has 0 saturated heterocycles. The Morgan fingerprint density at radius 3 is 0.571 bits per heavy atom. The average molecular weight is 745 g/mol. The lowest BCUT2D eigenvalue weighted by Crippen LogP contribution is -3.00. The van der Waals surface area contributed by atoms with Gasteiger partial charge in [0.1, 0.15) is 46.4 Å². The van der Waals surface area contributed by atoms with Crippen molar-refractivity contribution in [1.29, 1.82) is 0 Å². The summed E-state index contributed by atoms with van der Waals surface area (Å²) in [6.07, 6.45) is 12.9. The lowest BCUT2D eigenvalue weighted by Gasteiger charge is -2.28. The molecule has 6 aromatic carbocycles. The van der Waals surface area contributed by atoms with Crippen molar-refractivity contribution in [1.82, 2.24) is 0 Å². The third-order valence-corrected chi connectivity index (χ3v) is 19.0. The van der Waals surface area contributed by atoms with Gasteiger partial charge in [-0.2, -0.15) is 0 Å². The quantitative estimate of drug-likeness (QED) is 0.0692. The van der Waals surface area contributed by atoms with E-state index in [1.165, 1.54) is 95.5 Å². The molecule has 3 heteroatoms. The first kappa shape index (κ1) is 36.9. The van der Waals surface area contributed by atoms with E-state index in [1.807, 2.05) is 0 Å². The van der Waals surface area contributed by atoms with Crippen molar-refractivity contribution in [2.24, 2.45) is 0 Å². The molecule has 0 spiro atoms. The van der Waals surface area contributed by atoms with E-state index in [4.69, 9.17) is 0 Å². The van der Waals surface area contributed by atoms with E-state index in [-0.39, 0.29) is 17.0 Å². The van der Waals surface area contributed by atoms with Crippen LogP contribution in [0.1, 0.15) is 51.4 Å². The topological polar surface area (TPSA) is 0 Å². The standard InChI is InChI=1S/C46H50P2.BrH/c1(3-5-25-39-47(41-27-13-7-14-28-41,42-29-15-8-16-30-42)43-31-17-9-18-32-43)2-4-6-26-40-48(44-33-19-10-20-34-44,45-35-21-11-22-36-45)46-37-23-12-24-38-46;/h7-24,27-38H,1-6,25-26,39-40H2;1H/q+2;/p-1. The summed E-state index contributed by atoms with van der Waals surface area (Å²) in [5.74, 6) is 0. The van der Waals surface area contributed by atoms with E-state index < -0.39 is 14.5 Å². The molecule has 0 radical (unpaired) electrons. The van der Waals surface area contributed by atoms with Gasteiger partial charge in [0.25, 0.3) is 0 Å². The molecule has 0 heterocycles. The highest BCUT2D eigenvalue weighted by Gasteiger charge is 2.45. The smallest absolute Gasteiger partial charge is 0.112 e. The van der Waals surface area contributed by atoms with E-state index in [0.717, 1.165) is 0 Å². The minimum Gasteiger partial charge on any atom is -1.00 e. The summed E-state index contributed by atoms with van der Waals surface area (Å²) in [6.45, 7) is 0. The molecule has 0 N–H and O–H groups in total. The molecule has 0 unspecified atom stereocenters. The third kappa shape index (κ3) is 8.88. The van der Waals surface area contributed by atoms with E-state index in [2.05, 4.69) is 182 Å². The van der Waals surface area contributed by atoms with Crippen LogP contribution in [0.4, 0.5) is 0 Å². The molecule has 0 aliphatic carbocycles. The van der Waals surface area contributed by atoms with Crippen LogP contribution in [0.15, 0.2) is 182 Å². The zero-order chi connectivity index (χ0) is 32.7. The highest BCUT2D eigenvalue weighted by atomic mass is 79.9. The van der Waals surface area contributed by atoms with Crippen molar-refractivity contribution < 1.29 is 17.0 Å². The zero-order valence-corrected chi connectivity index (χ0v) is 32.0. The number of unbranched alkanes of at least 4 members (excludes halogenated alkanes) is 7. The maximum absolute atomic E-state index is 2.37. The molecule has 0 bridgehead atoms. The number of hydrogen-bond donors (Lipinski definition) is 0. The molecule has 0 aromatic heterocycles. The van der Waals surface area contributed by atoms with Crippen LogP contribution in [0, 0.1) is 0 Å². The lowest BCUT2D eigenvalue weighted by atomic mass is 10.1. The van der Waals surface area contributed by atoms with E-state index in [0.29, 0.717) is 0 Å². The summed E-state index contributed by atoms with van der Waals surface area (Å²) >= 11 is 0. The number of halogens is 1. The van der Waals surface area contributed by atoms with Crippen molar-refractivity contribution >= 4 is 46.4 Å². The third-order valence-electron chi connectivity index (χ3n) is 9.92. The molecule has 0 aliphatic rings. The van der Waals surface area contributed by atoms with E-state index in [9.17, 15) is 0 Å². The summed E-state index contributed by atoms with van der Waals surface area (Å²) in [5, 5.41) is 9.02. The molecular weight excluding hydrogens is 694 g/mol. The Morgan fingerprint density at radius 1 is 0.224 bits per heavy atom. The fourth-order valence-electron chi connectivity index (χ4n) is 7.52. The van der Waals surface area contributed by atoms with Crippen molar-refractivity contribution in [2.45, 2.75) is 51.4 Å². The Hall–Kier alpha value is -3.34. The van der Waals surface area contributed by atoms with Crippen LogP contribution in [-0.4, -0.2) is 12.3 Å². The molecule has 49 heavy (non-hydrogen) atoms. The highest BCUT2D eigenvalue weighted by molar-refractivity contribution is 7.96. The second-order valence-electron chi connectivity index (χ2n) is 12.9. The van der Waals surface area contributed by atoms with Crippen molar-refractivity contribution in [3.05, 3.63) is 182 Å². The van der Waals surface area contributed by atoms with Crippen molar-refractivity contribution in [2.75, 3.05) is 12.3 Å². The van der Waals surface area contributed by atoms with Gasteiger partial charge in [-0.15, -0.1) is 0 Å². The Morgan fingerprint density at radius 2 is 0.388 bits per heavy atom. The second-order valence-corrected chi connectivity index (χ2v) is 20.1. The van der Waals surface area contributed by atoms with Gasteiger partial charge in [0.2, 0.25) is 0 Å². The normalized spacial score (nSPS) is 11.5. The predicted octanol–water partition coefficient (Wildman–Crippen LogP) is 7.10. The minimum atomic E-state index is -1.71. The van der Waals surface area contributed by atoms with Crippen molar-refractivity contribution in [3.8, 4) is 0 Å². The molecule has 250 valence electrons. The van der Waals surface area contributed by atoms with Crippen LogP contribution in [0.3, 0.4) is 0 Å². The first-order valence-corrected chi connectivity index (χ1v) is 21.9. The maximum atomic E-state index is 2.37. The largest absolute Gasteiger partial charge is 1.00 e. The Kier molecular flexibility index (Phi) is 14.4. The molecule has 0 nitrogen and oxygen atoms in total. The summed E-state index contributed by atoms with van der Waals surface area (Å²) < 4.78 is 0.